The molecule has 1 aromatic rings. The van der Waals surface area contributed by atoms with Crippen molar-refractivity contribution in [3.05, 3.63) is 42.5 Å². The first kappa shape index (κ1) is 11.3. The molecule has 0 saturated heterocycles. The first-order valence-corrected chi connectivity index (χ1v) is 3.22. The molecule has 0 saturated carbocycles. The molecule has 1 nitrogen and oxygen atoms in total. The third-order valence-corrected chi connectivity index (χ3v) is 1.32. The van der Waals surface area contributed by atoms with Crippen LogP contribution in [0.25, 0.3) is 0 Å². The molecule has 1 rings (SSSR count). The van der Waals surface area contributed by atoms with Crippen LogP contribution in [0.4, 0.5) is 0 Å². The summed E-state index contributed by atoms with van der Waals surface area (Å²) in [7, 11) is 0. The molecule has 2 heteroatoms. The third kappa shape index (κ3) is 4.04. The second-order valence-corrected chi connectivity index (χ2v) is 2.16. The fourth-order valence-electron chi connectivity index (χ4n) is 0.799. The van der Waals surface area contributed by atoms with E-state index in [1.54, 1.807) is 12.1 Å². The number of hydrogen-bond donors (Lipinski definition) is 1. The van der Waals surface area contributed by atoms with Crippen molar-refractivity contribution in [3.8, 4) is 5.75 Å². The van der Waals surface area contributed by atoms with E-state index in [-0.39, 0.29) is 48.9 Å². The molecule has 56 valence electrons. The Balaban J connectivity index is 0.000001000. The van der Waals surface area contributed by atoms with E-state index in [0.717, 1.165) is 6.42 Å². The van der Waals surface area contributed by atoms with Crippen LogP contribution < -0.4 is 0 Å². The van der Waals surface area contributed by atoms with Gasteiger partial charge in [0.2, 0.25) is 0 Å². The van der Waals surface area contributed by atoms with Gasteiger partial charge < -0.3 is 5.11 Å². The Labute approximate surface area is 107 Å². The van der Waals surface area contributed by atoms with Crippen LogP contribution in [0.15, 0.2) is 36.9 Å². The van der Waals surface area contributed by atoms with Crippen LogP contribution in [-0.4, -0.2) is 54.0 Å². The van der Waals surface area contributed by atoms with Gasteiger partial charge in [-0.15, -0.1) is 6.58 Å². The van der Waals surface area contributed by atoms with Gasteiger partial charge in [-0.3, -0.25) is 0 Å². The molecule has 0 spiro atoms. The second kappa shape index (κ2) is 5.92. The molecule has 0 unspecified atom stereocenters. The fourth-order valence-corrected chi connectivity index (χ4v) is 0.799. The van der Waals surface area contributed by atoms with Crippen LogP contribution in [0.1, 0.15) is 5.56 Å². The minimum absolute atomic E-state index is 0. The van der Waals surface area contributed by atoms with Crippen molar-refractivity contribution in [3.63, 3.8) is 0 Å². The third-order valence-electron chi connectivity index (χ3n) is 1.32. The summed E-state index contributed by atoms with van der Waals surface area (Å²) >= 11 is 0. The fraction of sp³-hybridized carbons (Fsp3) is 0.111. The normalized spacial score (nSPS) is 8.36. The number of rotatable bonds is 2. The second-order valence-electron chi connectivity index (χ2n) is 2.16. The standard InChI is InChI=1S/C9H10O.Ba.2H/c1-2-3-8-4-6-9(10)7-5-8;;;/h2,4-7,10H,1,3H2;;;. The van der Waals surface area contributed by atoms with Gasteiger partial charge in [0.15, 0.2) is 0 Å². The van der Waals surface area contributed by atoms with Gasteiger partial charge in [-0.2, -0.15) is 0 Å². The summed E-state index contributed by atoms with van der Waals surface area (Å²) in [4.78, 5) is 0. The van der Waals surface area contributed by atoms with Gasteiger partial charge >= 0.3 is 48.9 Å². The van der Waals surface area contributed by atoms with Crippen LogP contribution in [0, 0.1) is 0 Å². The summed E-state index contributed by atoms with van der Waals surface area (Å²) in [6, 6.07) is 7.13. The van der Waals surface area contributed by atoms with E-state index in [0.29, 0.717) is 5.75 Å². The molecular weight excluding hydrogens is 261 g/mol. The van der Waals surface area contributed by atoms with Crippen LogP contribution in [0.2, 0.25) is 0 Å². The van der Waals surface area contributed by atoms with E-state index in [1.165, 1.54) is 5.56 Å². The van der Waals surface area contributed by atoms with Crippen molar-refractivity contribution in [2.45, 2.75) is 6.42 Å². The Morgan fingerprint density at radius 1 is 1.27 bits per heavy atom. The van der Waals surface area contributed by atoms with Crippen LogP contribution >= 0.6 is 0 Å². The summed E-state index contributed by atoms with van der Waals surface area (Å²) in [6.45, 7) is 3.62. The Morgan fingerprint density at radius 2 is 1.82 bits per heavy atom. The van der Waals surface area contributed by atoms with Crippen molar-refractivity contribution in [2.24, 2.45) is 0 Å². The van der Waals surface area contributed by atoms with Crippen molar-refractivity contribution in [2.75, 3.05) is 0 Å². The molecule has 1 aromatic carbocycles. The van der Waals surface area contributed by atoms with Crippen molar-refractivity contribution in [1.82, 2.24) is 0 Å². The summed E-state index contributed by atoms with van der Waals surface area (Å²) in [5.74, 6) is 0.313. The first-order valence-electron chi connectivity index (χ1n) is 3.22. The quantitative estimate of drug-likeness (QED) is 0.634. The Bertz CT molecular complexity index is 216. The maximum atomic E-state index is 8.90. The first-order chi connectivity index (χ1) is 4.83. The van der Waals surface area contributed by atoms with E-state index in [9.17, 15) is 0 Å². The summed E-state index contributed by atoms with van der Waals surface area (Å²) in [5, 5.41) is 8.90. The number of allylic oxidation sites excluding steroid dienone is 1. The van der Waals surface area contributed by atoms with E-state index in [1.807, 2.05) is 18.2 Å². The number of benzene rings is 1. The van der Waals surface area contributed by atoms with Gasteiger partial charge in [0, 0.05) is 0 Å². The molecular formula is C9H12BaO. The van der Waals surface area contributed by atoms with Crippen LogP contribution in [0.3, 0.4) is 0 Å². The van der Waals surface area contributed by atoms with Gasteiger partial charge in [0.1, 0.15) is 5.75 Å². The molecule has 0 aliphatic heterocycles. The zero-order chi connectivity index (χ0) is 7.40. The maximum absolute atomic E-state index is 8.90. The monoisotopic (exact) mass is 274 g/mol. The Kier molecular flexibility index (Phi) is 6.09. The van der Waals surface area contributed by atoms with Gasteiger partial charge in [-0.1, -0.05) is 18.2 Å². The molecule has 0 radical (unpaired) electrons. The molecule has 0 heterocycles. The number of phenolic OH excluding ortho intramolecular Hbond substituents is 1. The minimum atomic E-state index is 0. The topological polar surface area (TPSA) is 20.2 Å². The molecule has 0 amide bonds. The molecule has 0 aromatic heterocycles. The van der Waals surface area contributed by atoms with Gasteiger partial charge in [0.25, 0.3) is 0 Å². The number of hydrogen-bond acceptors (Lipinski definition) is 1. The van der Waals surface area contributed by atoms with E-state index >= 15 is 0 Å². The van der Waals surface area contributed by atoms with E-state index in [2.05, 4.69) is 6.58 Å². The molecule has 0 aliphatic carbocycles. The zero-order valence-electron chi connectivity index (χ0n) is 5.75. The van der Waals surface area contributed by atoms with Crippen molar-refractivity contribution in [1.29, 1.82) is 0 Å². The van der Waals surface area contributed by atoms with Crippen molar-refractivity contribution < 1.29 is 5.11 Å². The average molecular weight is 274 g/mol. The summed E-state index contributed by atoms with van der Waals surface area (Å²) in [6.07, 6.45) is 2.70. The van der Waals surface area contributed by atoms with Crippen LogP contribution in [0.5, 0.6) is 5.75 Å². The average Bonchev–Trinajstić information content (AvgIpc) is 1.95. The van der Waals surface area contributed by atoms with E-state index < -0.39 is 0 Å². The molecule has 0 atom stereocenters. The number of aromatic hydroxyl groups is 1. The molecule has 1 N–H and O–H groups in total. The van der Waals surface area contributed by atoms with Gasteiger partial charge in [-0.05, 0) is 24.1 Å². The summed E-state index contributed by atoms with van der Waals surface area (Å²) < 4.78 is 0. The van der Waals surface area contributed by atoms with Crippen LogP contribution in [-0.2, 0) is 6.42 Å². The van der Waals surface area contributed by atoms with Crippen molar-refractivity contribution >= 4 is 48.9 Å². The van der Waals surface area contributed by atoms with E-state index in [4.69, 9.17) is 5.11 Å². The molecule has 11 heavy (non-hydrogen) atoms. The predicted octanol–water partition coefficient (Wildman–Crippen LogP) is 1.20. The predicted molar refractivity (Wildman–Crippen MR) is 50.6 cm³/mol. The molecule has 0 aliphatic rings. The Hall–Kier alpha value is 0.331. The molecule has 0 fully saturated rings. The molecule has 0 bridgehead atoms. The zero-order valence-corrected chi connectivity index (χ0v) is 5.75. The van der Waals surface area contributed by atoms with Gasteiger partial charge in [0.05, 0.1) is 0 Å². The number of phenols is 1. The van der Waals surface area contributed by atoms with Gasteiger partial charge in [-0.25, -0.2) is 0 Å². The Morgan fingerprint density at radius 3 is 2.27 bits per heavy atom. The SMILES string of the molecule is C=CCc1ccc(O)cc1.[BaH2]. The summed E-state index contributed by atoms with van der Waals surface area (Å²) in [5.41, 5.74) is 1.17.